The molecule has 0 nitrogen and oxygen atoms in total. The van der Waals surface area contributed by atoms with Crippen molar-refractivity contribution in [3.63, 3.8) is 0 Å². The SMILES string of the molecule is CCCCCCCCCCCCCCC(C)CCCC(C)CCCCCCCCCCCCCC. The molecule has 0 saturated carbocycles. The van der Waals surface area contributed by atoms with Crippen molar-refractivity contribution in [2.24, 2.45) is 11.8 Å². The zero-order valence-corrected chi connectivity index (χ0v) is 25.7. The molecule has 0 amide bonds. The average molecular weight is 493 g/mol. The van der Waals surface area contributed by atoms with Gasteiger partial charge < -0.3 is 0 Å². The van der Waals surface area contributed by atoms with E-state index in [0.29, 0.717) is 0 Å². The Labute approximate surface area is 225 Å². The zero-order valence-electron chi connectivity index (χ0n) is 25.7. The van der Waals surface area contributed by atoms with Gasteiger partial charge in [0.25, 0.3) is 0 Å². The predicted octanol–water partition coefficient (Wildman–Crippen LogP) is 13.6. The molecular formula is C35H72. The molecule has 2 atom stereocenters. The Kier molecular flexibility index (Phi) is 30.2. The molecule has 0 heterocycles. The second kappa shape index (κ2) is 30.2. The third-order valence-electron chi connectivity index (χ3n) is 8.49. The molecule has 212 valence electrons. The maximum absolute atomic E-state index is 2.51. The largest absolute Gasteiger partial charge is 0.0654 e. The molecular weight excluding hydrogens is 420 g/mol. The minimum Gasteiger partial charge on any atom is -0.0654 e. The van der Waals surface area contributed by atoms with Gasteiger partial charge in [-0.25, -0.2) is 0 Å². The van der Waals surface area contributed by atoms with Crippen LogP contribution >= 0.6 is 0 Å². The van der Waals surface area contributed by atoms with Crippen LogP contribution in [0, 0.1) is 11.8 Å². The highest BCUT2D eigenvalue weighted by Crippen LogP contribution is 2.22. The van der Waals surface area contributed by atoms with Crippen LogP contribution in [0.3, 0.4) is 0 Å². The first kappa shape index (κ1) is 35.0. The highest BCUT2D eigenvalue weighted by Gasteiger charge is 2.06. The smallest absolute Gasteiger partial charge is 0.0443 e. The molecule has 0 N–H and O–H groups in total. The van der Waals surface area contributed by atoms with E-state index in [2.05, 4.69) is 27.7 Å². The lowest BCUT2D eigenvalue weighted by atomic mass is 9.92. The van der Waals surface area contributed by atoms with Crippen molar-refractivity contribution in [1.82, 2.24) is 0 Å². The van der Waals surface area contributed by atoms with Crippen LogP contribution < -0.4 is 0 Å². The van der Waals surface area contributed by atoms with Crippen LogP contribution in [0.25, 0.3) is 0 Å². The van der Waals surface area contributed by atoms with Crippen LogP contribution in [-0.2, 0) is 0 Å². The summed E-state index contributed by atoms with van der Waals surface area (Å²) in [6.07, 6.45) is 42.6. The standard InChI is InChI=1S/C35H72/c1-5-7-9-11-13-15-17-19-21-23-25-27-30-34(3)32-29-33-35(4)31-28-26-24-22-20-18-16-14-12-10-8-6-2/h34-35H,5-33H2,1-4H3. The predicted molar refractivity (Wildman–Crippen MR) is 164 cm³/mol. The van der Waals surface area contributed by atoms with Crippen molar-refractivity contribution in [3.8, 4) is 0 Å². The molecule has 0 aromatic heterocycles. The third kappa shape index (κ3) is 30.1. The van der Waals surface area contributed by atoms with E-state index in [4.69, 9.17) is 0 Å². The molecule has 0 rings (SSSR count). The average Bonchev–Trinajstić information content (AvgIpc) is 2.85. The van der Waals surface area contributed by atoms with Gasteiger partial charge in [0.1, 0.15) is 0 Å². The van der Waals surface area contributed by atoms with Crippen molar-refractivity contribution < 1.29 is 0 Å². The molecule has 0 aliphatic carbocycles. The van der Waals surface area contributed by atoms with E-state index in [-0.39, 0.29) is 0 Å². The minimum atomic E-state index is 0.956. The van der Waals surface area contributed by atoms with Crippen LogP contribution in [0.15, 0.2) is 0 Å². The van der Waals surface area contributed by atoms with E-state index < -0.39 is 0 Å². The lowest BCUT2D eigenvalue weighted by Gasteiger charge is -2.14. The van der Waals surface area contributed by atoms with Crippen molar-refractivity contribution in [3.05, 3.63) is 0 Å². The maximum Gasteiger partial charge on any atom is -0.0443 e. The minimum absolute atomic E-state index is 0.956. The quantitative estimate of drug-likeness (QED) is 0.0874. The van der Waals surface area contributed by atoms with Crippen LogP contribution in [0.4, 0.5) is 0 Å². The van der Waals surface area contributed by atoms with Gasteiger partial charge in [-0.05, 0) is 11.8 Å². The lowest BCUT2D eigenvalue weighted by molar-refractivity contribution is 0.390. The Bertz CT molecular complexity index is 325. The summed E-state index contributed by atoms with van der Waals surface area (Å²) in [4.78, 5) is 0. The highest BCUT2D eigenvalue weighted by molar-refractivity contribution is 4.59. The summed E-state index contributed by atoms with van der Waals surface area (Å²) < 4.78 is 0. The van der Waals surface area contributed by atoms with Gasteiger partial charge in [-0.2, -0.15) is 0 Å². The van der Waals surface area contributed by atoms with Gasteiger partial charge in [-0.15, -0.1) is 0 Å². The zero-order chi connectivity index (χ0) is 25.7. The fourth-order valence-corrected chi connectivity index (χ4v) is 5.77. The third-order valence-corrected chi connectivity index (χ3v) is 8.49. The van der Waals surface area contributed by atoms with Crippen LogP contribution in [0.5, 0.6) is 0 Å². The van der Waals surface area contributed by atoms with E-state index in [1.54, 1.807) is 0 Å². The Balaban J connectivity index is 3.27. The number of hydrogen-bond acceptors (Lipinski definition) is 0. The van der Waals surface area contributed by atoms with Gasteiger partial charge in [-0.3, -0.25) is 0 Å². The molecule has 35 heavy (non-hydrogen) atoms. The van der Waals surface area contributed by atoms with Gasteiger partial charge in [0.2, 0.25) is 0 Å². The molecule has 0 bridgehead atoms. The van der Waals surface area contributed by atoms with Crippen molar-refractivity contribution in [1.29, 1.82) is 0 Å². The highest BCUT2D eigenvalue weighted by atomic mass is 14.1. The summed E-state index contributed by atoms with van der Waals surface area (Å²) >= 11 is 0. The van der Waals surface area contributed by atoms with Gasteiger partial charge in [0.05, 0.1) is 0 Å². The molecule has 0 fully saturated rings. The van der Waals surface area contributed by atoms with Crippen LogP contribution in [-0.4, -0.2) is 0 Å². The lowest BCUT2D eigenvalue weighted by Crippen LogP contribution is -1.99. The number of hydrogen-bond donors (Lipinski definition) is 0. The summed E-state index contributed by atoms with van der Waals surface area (Å²) in [6, 6.07) is 0. The molecule has 0 spiro atoms. The first-order valence-corrected chi connectivity index (χ1v) is 17.2. The van der Waals surface area contributed by atoms with E-state index in [1.807, 2.05) is 0 Å². The van der Waals surface area contributed by atoms with Gasteiger partial charge in [0.15, 0.2) is 0 Å². The molecule has 0 heteroatoms. The van der Waals surface area contributed by atoms with Gasteiger partial charge >= 0.3 is 0 Å². The Morgan fingerprint density at radius 3 is 0.714 bits per heavy atom. The fourth-order valence-electron chi connectivity index (χ4n) is 5.77. The molecule has 0 aromatic carbocycles. The van der Waals surface area contributed by atoms with Gasteiger partial charge in [0, 0.05) is 0 Å². The molecule has 0 radical (unpaired) electrons. The van der Waals surface area contributed by atoms with Crippen molar-refractivity contribution in [2.45, 2.75) is 214 Å². The Morgan fingerprint density at radius 1 is 0.257 bits per heavy atom. The van der Waals surface area contributed by atoms with E-state index in [0.717, 1.165) is 11.8 Å². The first-order chi connectivity index (χ1) is 17.2. The topological polar surface area (TPSA) is 0 Å². The Hall–Kier alpha value is 0. The monoisotopic (exact) mass is 493 g/mol. The summed E-state index contributed by atoms with van der Waals surface area (Å²) in [5, 5.41) is 0. The second-order valence-corrected chi connectivity index (χ2v) is 12.5. The van der Waals surface area contributed by atoms with Crippen molar-refractivity contribution in [2.75, 3.05) is 0 Å². The first-order valence-electron chi connectivity index (χ1n) is 17.2. The Morgan fingerprint density at radius 2 is 0.457 bits per heavy atom. The summed E-state index contributed by atoms with van der Waals surface area (Å²) in [5.74, 6) is 1.91. The maximum atomic E-state index is 2.51. The molecule has 0 saturated heterocycles. The van der Waals surface area contributed by atoms with E-state index in [1.165, 1.54) is 186 Å². The molecule has 0 aliphatic rings. The normalized spacial score (nSPS) is 13.4. The summed E-state index contributed by atoms with van der Waals surface area (Å²) in [5.41, 5.74) is 0. The number of unbranched alkanes of at least 4 members (excludes halogenated alkanes) is 22. The fraction of sp³-hybridized carbons (Fsp3) is 1.00. The number of rotatable bonds is 30. The second-order valence-electron chi connectivity index (χ2n) is 12.5. The molecule has 0 aromatic rings. The van der Waals surface area contributed by atoms with E-state index >= 15 is 0 Å². The van der Waals surface area contributed by atoms with Gasteiger partial charge in [-0.1, -0.05) is 214 Å². The van der Waals surface area contributed by atoms with E-state index in [9.17, 15) is 0 Å². The molecule has 0 aliphatic heterocycles. The summed E-state index contributed by atoms with van der Waals surface area (Å²) in [6.45, 7) is 9.63. The van der Waals surface area contributed by atoms with Crippen LogP contribution in [0.1, 0.15) is 214 Å². The van der Waals surface area contributed by atoms with Crippen molar-refractivity contribution >= 4 is 0 Å². The summed E-state index contributed by atoms with van der Waals surface area (Å²) in [7, 11) is 0. The van der Waals surface area contributed by atoms with Crippen LogP contribution in [0.2, 0.25) is 0 Å². The molecule has 2 unspecified atom stereocenters.